The quantitative estimate of drug-likeness (QED) is 0.531. The number of morpholine rings is 1. The third-order valence-corrected chi connectivity index (χ3v) is 1.58. The lowest BCUT2D eigenvalue weighted by molar-refractivity contribution is -0.158. The van der Waals surface area contributed by atoms with E-state index in [0.717, 1.165) is 0 Å². The first-order valence-electron chi connectivity index (χ1n) is 3.57. The maximum Gasteiger partial charge on any atom is 0.329 e. The van der Waals surface area contributed by atoms with E-state index in [1.807, 2.05) is 13.8 Å². The van der Waals surface area contributed by atoms with E-state index in [-0.39, 0.29) is 24.4 Å². The molecule has 4 heteroatoms. The molecule has 1 unspecified atom stereocenters. The molecule has 1 saturated heterocycles. The summed E-state index contributed by atoms with van der Waals surface area (Å²) < 4.78 is 4.61. The molecule has 1 atom stereocenters. The highest BCUT2D eigenvalue weighted by molar-refractivity contribution is 5.90. The lowest BCUT2D eigenvalue weighted by atomic mass is 10.0. The Morgan fingerprint density at radius 3 is 2.64 bits per heavy atom. The fraction of sp³-hybridized carbons (Fsp3) is 0.714. The van der Waals surface area contributed by atoms with Gasteiger partial charge in [-0.05, 0) is 5.92 Å². The fourth-order valence-corrected chi connectivity index (χ4v) is 0.939. The van der Waals surface area contributed by atoms with Crippen molar-refractivity contribution < 1.29 is 14.3 Å². The summed E-state index contributed by atoms with van der Waals surface area (Å²) >= 11 is 0. The van der Waals surface area contributed by atoms with E-state index in [9.17, 15) is 9.59 Å². The molecule has 1 N–H and O–H groups in total. The van der Waals surface area contributed by atoms with Crippen molar-refractivity contribution in [2.45, 2.75) is 19.9 Å². The van der Waals surface area contributed by atoms with Crippen LogP contribution in [0.4, 0.5) is 0 Å². The summed E-state index contributed by atoms with van der Waals surface area (Å²) in [5, 5.41) is 2.55. The van der Waals surface area contributed by atoms with Crippen LogP contribution in [0.3, 0.4) is 0 Å². The van der Waals surface area contributed by atoms with Gasteiger partial charge in [-0.2, -0.15) is 0 Å². The molecule has 62 valence electrons. The molecular weight excluding hydrogens is 146 g/mol. The predicted octanol–water partition coefficient (Wildman–Crippen LogP) is -0.316. The number of rotatable bonds is 1. The molecule has 0 radical (unpaired) electrons. The third kappa shape index (κ3) is 1.69. The van der Waals surface area contributed by atoms with Gasteiger partial charge in [-0.15, -0.1) is 0 Å². The summed E-state index contributed by atoms with van der Waals surface area (Å²) in [4.78, 5) is 21.7. The van der Waals surface area contributed by atoms with Crippen molar-refractivity contribution in [3.8, 4) is 0 Å². The van der Waals surface area contributed by atoms with Crippen LogP contribution in [0.15, 0.2) is 0 Å². The van der Waals surface area contributed by atoms with Gasteiger partial charge in [0.25, 0.3) is 5.91 Å². The van der Waals surface area contributed by atoms with Gasteiger partial charge in [0.2, 0.25) is 0 Å². The Labute approximate surface area is 64.9 Å². The molecule has 1 rings (SSSR count). The zero-order chi connectivity index (χ0) is 8.43. The molecule has 0 saturated carbocycles. The summed E-state index contributed by atoms with van der Waals surface area (Å²) in [5.41, 5.74) is 0. The smallest absolute Gasteiger partial charge is 0.329 e. The van der Waals surface area contributed by atoms with E-state index in [1.54, 1.807) is 0 Å². The number of carbonyl (C=O) groups excluding carboxylic acids is 2. The lowest BCUT2D eigenvalue weighted by Gasteiger charge is -2.24. The topological polar surface area (TPSA) is 55.4 Å². The number of ether oxygens (including phenoxy) is 1. The number of esters is 1. The maximum atomic E-state index is 10.9. The standard InChI is InChI=1S/C7H11NO3/c1-4(2)6-7(10)11-3-5(9)8-6/h4,6H,3H2,1-2H3,(H,8,9). The molecule has 0 bridgehead atoms. The van der Waals surface area contributed by atoms with Gasteiger partial charge >= 0.3 is 5.97 Å². The van der Waals surface area contributed by atoms with Gasteiger partial charge in [-0.25, -0.2) is 4.79 Å². The Hall–Kier alpha value is -1.06. The minimum Gasteiger partial charge on any atom is -0.454 e. The first-order chi connectivity index (χ1) is 5.11. The van der Waals surface area contributed by atoms with Gasteiger partial charge in [0, 0.05) is 0 Å². The zero-order valence-corrected chi connectivity index (χ0v) is 6.59. The van der Waals surface area contributed by atoms with Crippen LogP contribution in [0.5, 0.6) is 0 Å². The fourth-order valence-electron chi connectivity index (χ4n) is 0.939. The first-order valence-corrected chi connectivity index (χ1v) is 3.57. The summed E-state index contributed by atoms with van der Waals surface area (Å²) in [6.07, 6.45) is 0. The minimum atomic E-state index is -0.462. The summed E-state index contributed by atoms with van der Waals surface area (Å²) in [6, 6.07) is -0.462. The van der Waals surface area contributed by atoms with Crippen LogP contribution in [0.25, 0.3) is 0 Å². The van der Waals surface area contributed by atoms with Crippen molar-refractivity contribution in [3.63, 3.8) is 0 Å². The number of amides is 1. The van der Waals surface area contributed by atoms with E-state index in [4.69, 9.17) is 0 Å². The second-order valence-corrected chi connectivity index (χ2v) is 2.90. The molecule has 0 aromatic heterocycles. The van der Waals surface area contributed by atoms with Crippen molar-refractivity contribution in [2.75, 3.05) is 6.61 Å². The Kier molecular flexibility index (Phi) is 2.12. The number of hydrogen-bond donors (Lipinski definition) is 1. The average Bonchev–Trinajstić information content (AvgIpc) is 1.94. The molecule has 1 heterocycles. The van der Waals surface area contributed by atoms with Crippen molar-refractivity contribution in [1.82, 2.24) is 5.32 Å². The Balaban J connectivity index is 2.61. The molecule has 0 aromatic rings. The van der Waals surface area contributed by atoms with Crippen LogP contribution in [-0.2, 0) is 14.3 Å². The van der Waals surface area contributed by atoms with Gasteiger partial charge in [-0.1, -0.05) is 13.8 Å². The van der Waals surface area contributed by atoms with E-state index in [1.165, 1.54) is 0 Å². The Morgan fingerprint density at radius 1 is 1.55 bits per heavy atom. The van der Waals surface area contributed by atoms with Gasteiger partial charge in [0.05, 0.1) is 0 Å². The van der Waals surface area contributed by atoms with Crippen molar-refractivity contribution >= 4 is 11.9 Å². The molecule has 0 aliphatic carbocycles. The Bertz CT molecular complexity index is 188. The second-order valence-electron chi connectivity index (χ2n) is 2.90. The monoisotopic (exact) mass is 157 g/mol. The van der Waals surface area contributed by atoms with E-state index >= 15 is 0 Å². The lowest BCUT2D eigenvalue weighted by Crippen LogP contribution is -2.51. The van der Waals surface area contributed by atoms with Gasteiger partial charge in [0.15, 0.2) is 6.61 Å². The van der Waals surface area contributed by atoms with Crippen molar-refractivity contribution in [3.05, 3.63) is 0 Å². The largest absolute Gasteiger partial charge is 0.454 e. The normalized spacial score (nSPS) is 24.8. The third-order valence-electron chi connectivity index (χ3n) is 1.58. The number of cyclic esters (lactones) is 1. The van der Waals surface area contributed by atoms with Crippen molar-refractivity contribution in [1.29, 1.82) is 0 Å². The predicted molar refractivity (Wildman–Crippen MR) is 37.7 cm³/mol. The zero-order valence-electron chi connectivity index (χ0n) is 6.59. The molecule has 1 aliphatic heterocycles. The SMILES string of the molecule is CC(C)C1NC(=O)COC1=O. The Morgan fingerprint density at radius 2 is 2.18 bits per heavy atom. The minimum absolute atomic E-state index is 0.0896. The van der Waals surface area contributed by atoms with Crippen LogP contribution in [0.2, 0.25) is 0 Å². The van der Waals surface area contributed by atoms with Crippen LogP contribution >= 0.6 is 0 Å². The van der Waals surface area contributed by atoms with Gasteiger partial charge in [0.1, 0.15) is 6.04 Å². The summed E-state index contributed by atoms with van der Waals surface area (Å²) in [6.45, 7) is 3.58. The molecule has 4 nitrogen and oxygen atoms in total. The summed E-state index contributed by atoms with van der Waals surface area (Å²) in [7, 11) is 0. The van der Waals surface area contributed by atoms with Gasteiger partial charge in [-0.3, -0.25) is 4.79 Å². The highest BCUT2D eigenvalue weighted by Gasteiger charge is 2.30. The van der Waals surface area contributed by atoms with E-state index < -0.39 is 6.04 Å². The summed E-state index contributed by atoms with van der Waals surface area (Å²) in [5.74, 6) is -0.463. The van der Waals surface area contributed by atoms with Crippen LogP contribution in [-0.4, -0.2) is 24.5 Å². The molecule has 0 spiro atoms. The average molecular weight is 157 g/mol. The highest BCUT2D eigenvalue weighted by Crippen LogP contribution is 2.06. The van der Waals surface area contributed by atoms with Crippen LogP contribution in [0.1, 0.15) is 13.8 Å². The second kappa shape index (κ2) is 2.90. The molecule has 1 aliphatic rings. The first kappa shape index (κ1) is 8.04. The number of nitrogens with one attached hydrogen (secondary N) is 1. The van der Waals surface area contributed by atoms with Crippen molar-refractivity contribution in [2.24, 2.45) is 5.92 Å². The molecule has 1 amide bonds. The van der Waals surface area contributed by atoms with Gasteiger partial charge < -0.3 is 10.1 Å². The van der Waals surface area contributed by atoms with Crippen LogP contribution in [0, 0.1) is 5.92 Å². The maximum absolute atomic E-state index is 10.9. The molecule has 11 heavy (non-hydrogen) atoms. The van der Waals surface area contributed by atoms with E-state index in [2.05, 4.69) is 10.1 Å². The molecular formula is C7H11NO3. The highest BCUT2D eigenvalue weighted by atomic mass is 16.5. The van der Waals surface area contributed by atoms with E-state index in [0.29, 0.717) is 0 Å². The van der Waals surface area contributed by atoms with Crippen LogP contribution < -0.4 is 5.32 Å². The number of hydrogen-bond acceptors (Lipinski definition) is 3. The molecule has 0 aromatic carbocycles. The molecule has 1 fully saturated rings. The number of carbonyl (C=O) groups is 2.